The molecule has 2 amide bonds. The van der Waals surface area contributed by atoms with Gasteiger partial charge in [-0.3, -0.25) is 0 Å². The monoisotopic (exact) mass is 199 g/mol. The minimum absolute atomic E-state index is 0.0212. The van der Waals surface area contributed by atoms with Gasteiger partial charge < -0.3 is 16.0 Å². The summed E-state index contributed by atoms with van der Waals surface area (Å²) < 4.78 is 0. The third kappa shape index (κ3) is 2.38. The molecule has 0 aromatic rings. The number of nitrogens with zero attached hydrogens (tertiary/aromatic N) is 1. The van der Waals surface area contributed by atoms with Gasteiger partial charge in [-0.15, -0.1) is 0 Å². The van der Waals surface area contributed by atoms with Gasteiger partial charge in [-0.1, -0.05) is 20.8 Å². The number of likely N-dealkylation sites (tertiary alicyclic amines) is 1. The second-order valence-corrected chi connectivity index (χ2v) is 4.71. The van der Waals surface area contributed by atoms with E-state index < -0.39 is 0 Å². The lowest BCUT2D eigenvalue weighted by Gasteiger charge is -2.21. The van der Waals surface area contributed by atoms with E-state index in [-0.39, 0.29) is 17.5 Å². The molecule has 0 bridgehead atoms. The smallest absolute Gasteiger partial charge is 0.317 e. The maximum absolute atomic E-state index is 11.6. The summed E-state index contributed by atoms with van der Waals surface area (Å²) in [7, 11) is 0. The van der Waals surface area contributed by atoms with Crippen molar-refractivity contribution in [3.05, 3.63) is 0 Å². The van der Waals surface area contributed by atoms with Crippen molar-refractivity contribution in [2.45, 2.75) is 33.2 Å². The predicted molar refractivity (Wildman–Crippen MR) is 57.0 cm³/mol. The molecule has 3 N–H and O–H groups in total. The maximum atomic E-state index is 11.6. The molecule has 0 radical (unpaired) electrons. The summed E-state index contributed by atoms with van der Waals surface area (Å²) in [5.41, 5.74) is 5.99. The fraction of sp³-hybridized carbons (Fsp3) is 0.900. The summed E-state index contributed by atoms with van der Waals surface area (Å²) in [5.74, 6) is 0. The van der Waals surface area contributed by atoms with Crippen molar-refractivity contribution in [2.24, 2.45) is 11.1 Å². The lowest BCUT2D eigenvalue weighted by Crippen LogP contribution is -2.40. The summed E-state index contributed by atoms with van der Waals surface area (Å²) in [6, 6.07) is 0.114. The Balaban J connectivity index is 2.45. The molecule has 1 heterocycles. The Morgan fingerprint density at radius 3 is 2.71 bits per heavy atom. The molecule has 0 saturated carbocycles. The van der Waals surface area contributed by atoms with Crippen molar-refractivity contribution in [3.8, 4) is 0 Å². The number of rotatable bonds is 2. The van der Waals surface area contributed by atoms with E-state index in [0.29, 0.717) is 6.54 Å². The fourth-order valence-electron chi connectivity index (χ4n) is 1.66. The largest absolute Gasteiger partial charge is 0.338 e. The molecule has 0 spiro atoms. The summed E-state index contributed by atoms with van der Waals surface area (Å²) >= 11 is 0. The normalized spacial score (nSPS) is 25.1. The summed E-state index contributed by atoms with van der Waals surface area (Å²) in [6.45, 7) is 8.41. The average Bonchev–Trinajstić information content (AvgIpc) is 2.37. The SMILES string of the molecule is CCCNC(=O)N1CC(N)C(C)(C)C1. The van der Waals surface area contributed by atoms with E-state index in [1.807, 2.05) is 6.92 Å². The summed E-state index contributed by atoms with van der Waals surface area (Å²) in [4.78, 5) is 13.4. The molecule has 1 aliphatic rings. The lowest BCUT2D eigenvalue weighted by atomic mass is 9.89. The molecule has 4 nitrogen and oxygen atoms in total. The second-order valence-electron chi connectivity index (χ2n) is 4.71. The Bertz CT molecular complexity index is 215. The number of hydrogen-bond acceptors (Lipinski definition) is 2. The minimum atomic E-state index is 0.0212. The molecule has 4 heteroatoms. The molecule has 1 saturated heterocycles. The van der Waals surface area contributed by atoms with Crippen molar-refractivity contribution in [3.63, 3.8) is 0 Å². The van der Waals surface area contributed by atoms with Gasteiger partial charge in [0.2, 0.25) is 0 Å². The van der Waals surface area contributed by atoms with Gasteiger partial charge in [0.25, 0.3) is 0 Å². The second kappa shape index (κ2) is 4.17. The van der Waals surface area contributed by atoms with E-state index in [4.69, 9.17) is 5.73 Å². The highest BCUT2D eigenvalue weighted by Crippen LogP contribution is 2.27. The van der Waals surface area contributed by atoms with Crippen LogP contribution in [0.1, 0.15) is 27.2 Å². The van der Waals surface area contributed by atoms with Crippen molar-refractivity contribution in [2.75, 3.05) is 19.6 Å². The Kier molecular flexibility index (Phi) is 3.37. The lowest BCUT2D eigenvalue weighted by molar-refractivity contribution is 0.203. The van der Waals surface area contributed by atoms with Crippen molar-refractivity contribution in [1.82, 2.24) is 10.2 Å². The Morgan fingerprint density at radius 1 is 1.64 bits per heavy atom. The Hall–Kier alpha value is -0.770. The van der Waals surface area contributed by atoms with Crippen LogP contribution >= 0.6 is 0 Å². The van der Waals surface area contributed by atoms with Gasteiger partial charge in [0.05, 0.1) is 0 Å². The Morgan fingerprint density at radius 2 is 2.29 bits per heavy atom. The number of hydrogen-bond donors (Lipinski definition) is 2. The molecule has 14 heavy (non-hydrogen) atoms. The van der Waals surface area contributed by atoms with Crippen LogP contribution in [0.3, 0.4) is 0 Å². The van der Waals surface area contributed by atoms with Crippen LogP contribution in [0.5, 0.6) is 0 Å². The first-order valence-electron chi connectivity index (χ1n) is 5.25. The van der Waals surface area contributed by atoms with Crippen LogP contribution in [0.15, 0.2) is 0 Å². The zero-order chi connectivity index (χ0) is 10.8. The predicted octanol–water partition coefficient (Wildman–Crippen LogP) is 0.775. The number of carbonyl (C=O) groups is 1. The van der Waals surface area contributed by atoms with E-state index in [0.717, 1.165) is 19.5 Å². The molecule has 1 unspecified atom stereocenters. The van der Waals surface area contributed by atoms with Gasteiger partial charge in [-0.2, -0.15) is 0 Å². The van der Waals surface area contributed by atoms with Crippen LogP contribution in [0.25, 0.3) is 0 Å². The van der Waals surface area contributed by atoms with Gasteiger partial charge in [0.15, 0.2) is 0 Å². The first-order chi connectivity index (χ1) is 6.47. The Labute approximate surface area is 85.8 Å². The standard InChI is InChI=1S/C10H21N3O/c1-4-5-12-9(14)13-6-8(11)10(2,3)7-13/h8H,4-7,11H2,1-3H3,(H,12,14). The van der Waals surface area contributed by atoms with Gasteiger partial charge in [0.1, 0.15) is 0 Å². The van der Waals surface area contributed by atoms with Crippen LogP contribution in [0.2, 0.25) is 0 Å². The van der Waals surface area contributed by atoms with Crippen LogP contribution in [0, 0.1) is 5.41 Å². The topological polar surface area (TPSA) is 58.4 Å². The minimum Gasteiger partial charge on any atom is -0.338 e. The van der Waals surface area contributed by atoms with E-state index >= 15 is 0 Å². The molecule has 1 aliphatic heterocycles. The molecule has 0 aliphatic carbocycles. The molecular weight excluding hydrogens is 178 g/mol. The van der Waals surface area contributed by atoms with Crippen molar-refractivity contribution >= 4 is 6.03 Å². The van der Waals surface area contributed by atoms with Crippen LogP contribution in [-0.4, -0.2) is 36.6 Å². The molecule has 0 aromatic carbocycles. The van der Waals surface area contributed by atoms with Gasteiger partial charge in [0, 0.05) is 25.7 Å². The molecule has 1 rings (SSSR count). The molecule has 0 aromatic heterocycles. The third-order valence-corrected chi connectivity index (χ3v) is 2.83. The van der Waals surface area contributed by atoms with Gasteiger partial charge >= 0.3 is 6.03 Å². The maximum Gasteiger partial charge on any atom is 0.317 e. The first kappa shape index (κ1) is 11.3. The van der Waals surface area contributed by atoms with Crippen molar-refractivity contribution in [1.29, 1.82) is 0 Å². The first-order valence-corrected chi connectivity index (χ1v) is 5.25. The number of nitrogens with one attached hydrogen (secondary N) is 1. The zero-order valence-corrected chi connectivity index (χ0v) is 9.34. The fourth-order valence-corrected chi connectivity index (χ4v) is 1.66. The average molecular weight is 199 g/mol. The van der Waals surface area contributed by atoms with Gasteiger partial charge in [-0.05, 0) is 11.8 Å². The molecule has 1 fully saturated rings. The summed E-state index contributed by atoms with van der Waals surface area (Å²) in [6.07, 6.45) is 0.967. The van der Waals surface area contributed by atoms with Crippen LogP contribution < -0.4 is 11.1 Å². The number of carbonyl (C=O) groups excluding carboxylic acids is 1. The van der Waals surface area contributed by atoms with E-state index in [1.165, 1.54) is 0 Å². The van der Waals surface area contributed by atoms with Crippen LogP contribution in [0.4, 0.5) is 4.79 Å². The molecular formula is C10H21N3O. The van der Waals surface area contributed by atoms with E-state index in [9.17, 15) is 4.79 Å². The highest BCUT2D eigenvalue weighted by atomic mass is 16.2. The number of nitrogens with two attached hydrogens (primary N) is 1. The molecule has 1 atom stereocenters. The highest BCUT2D eigenvalue weighted by Gasteiger charge is 2.38. The summed E-state index contributed by atoms with van der Waals surface area (Å²) in [5, 5.41) is 2.86. The van der Waals surface area contributed by atoms with Crippen molar-refractivity contribution < 1.29 is 4.79 Å². The van der Waals surface area contributed by atoms with Crippen LogP contribution in [-0.2, 0) is 0 Å². The third-order valence-electron chi connectivity index (χ3n) is 2.83. The van der Waals surface area contributed by atoms with Gasteiger partial charge in [-0.25, -0.2) is 4.79 Å². The number of urea groups is 1. The van der Waals surface area contributed by atoms with E-state index in [1.54, 1.807) is 4.90 Å². The quantitative estimate of drug-likeness (QED) is 0.690. The molecule has 82 valence electrons. The van der Waals surface area contributed by atoms with E-state index in [2.05, 4.69) is 19.2 Å². The highest BCUT2D eigenvalue weighted by molar-refractivity contribution is 5.74. The zero-order valence-electron chi connectivity index (χ0n) is 9.34. The number of amides is 2.